The van der Waals surface area contributed by atoms with E-state index in [0.29, 0.717) is 22.6 Å². The molecule has 0 unspecified atom stereocenters. The smallest absolute Gasteiger partial charge is 0.363 e. The molecule has 0 fully saturated rings. The zero-order chi connectivity index (χ0) is 18.7. The largest absolute Gasteiger partial charge is 0.497 e. The van der Waals surface area contributed by atoms with Crippen molar-refractivity contribution in [3.63, 3.8) is 0 Å². The van der Waals surface area contributed by atoms with Crippen molar-refractivity contribution in [2.45, 2.75) is 0 Å². The molecule has 132 valence electrons. The number of nitrogens with zero attached hydrogens (tertiary/aromatic N) is 2. The molecule has 0 saturated carbocycles. The number of methoxy groups -OCH3 is 2. The first-order valence-corrected chi connectivity index (χ1v) is 7.51. The number of hydrogen-bond acceptors (Lipinski definition) is 7. The van der Waals surface area contributed by atoms with Crippen LogP contribution in [0, 0.1) is 10.1 Å². The molecule has 3 rings (SSSR count). The molecule has 1 heterocycles. The van der Waals surface area contributed by atoms with Crippen molar-refractivity contribution in [2.75, 3.05) is 14.2 Å². The minimum absolute atomic E-state index is 0.00631. The van der Waals surface area contributed by atoms with E-state index >= 15 is 0 Å². The van der Waals surface area contributed by atoms with Crippen LogP contribution in [0.1, 0.15) is 11.1 Å². The number of nitro benzene ring substituents is 1. The van der Waals surface area contributed by atoms with Gasteiger partial charge >= 0.3 is 5.97 Å². The van der Waals surface area contributed by atoms with E-state index in [1.807, 2.05) is 0 Å². The Bertz CT molecular complexity index is 948. The van der Waals surface area contributed by atoms with Crippen molar-refractivity contribution < 1.29 is 23.9 Å². The highest BCUT2D eigenvalue weighted by Gasteiger charge is 2.25. The van der Waals surface area contributed by atoms with Gasteiger partial charge in [0.25, 0.3) is 5.69 Å². The van der Waals surface area contributed by atoms with Crippen LogP contribution in [0.4, 0.5) is 5.69 Å². The molecule has 0 aromatic heterocycles. The summed E-state index contributed by atoms with van der Waals surface area (Å²) in [6, 6.07) is 10.8. The topological polar surface area (TPSA) is 100 Å². The minimum Gasteiger partial charge on any atom is -0.497 e. The normalized spacial score (nSPS) is 14.8. The van der Waals surface area contributed by atoms with E-state index in [0.717, 1.165) is 0 Å². The quantitative estimate of drug-likeness (QED) is 0.354. The van der Waals surface area contributed by atoms with Gasteiger partial charge in [-0.05, 0) is 30.3 Å². The predicted octanol–water partition coefficient (Wildman–Crippen LogP) is 2.96. The third-order valence-corrected chi connectivity index (χ3v) is 3.65. The summed E-state index contributed by atoms with van der Waals surface area (Å²) in [5.41, 5.74) is 0.864. The van der Waals surface area contributed by atoms with E-state index < -0.39 is 10.9 Å². The van der Waals surface area contributed by atoms with Crippen molar-refractivity contribution in [1.29, 1.82) is 0 Å². The molecule has 0 bridgehead atoms. The summed E-state index contributed by atoms with van der Waals surface area (Å²) in [5.74, 6) is 0.472. The van der Waals surface area contributed by atoms with Crippen molar-refractivity contribution in [3.05, 3.63) is 69.4 Å². The van der Waals surface area contributed by atoms with E-state index in [1.165, 1.54) is 38.5 Å². The van der Waals surface area contributed by atoms with Gasteiger partial charge in [0.1, 0.15) is 11.5 Å². The number of carbonyl (C=O) groups is 1. The Morgan fingerprint density at radius 1 is 1.15 bits per heavy atom. The maximum atomic E-state index is 12.1. The highest BCUT2D eigenvalue weighted by atomic mass is 16.6. The first-order valence-electron chi connectivity index (χ1n) is 7.51. The summed E-state index contributed by atoms with van der Waals surface area (Å²) < 4.78 is 15.6. The second kappa shape index (κ2) is 7.06. The van der Waals surface area contributed by atoms with Gasteiger partial charge in [0.2, 0.25) is 5.90 Å². The molecule has 26 heavy (non-hydrogen) atoms. The third-order valence-electron chi connectivity index (χ3n) is 3.65. The van der Waals surface area contributed by atoms with Gasteiger partial charge < -0.3 is 14.2 Å². The van der Waals surface area contributed by atoms with E-state index in [1.54, 1.807) is 24.3 Å². The maximum absolute atomic E-state index is 12.1. The van der Waals surface area contributed by atoms with Crippen LogP contribution in [0.5, 0.6) is 11.5 Å². The number of non-ortho nitro benzene ring substituents is 1. The average Bonchev–Trinajstić information content (AvgIpc) is 3.02. The second-order valence-corrected chi connectivity index (χ2v) is 5.25. The van der Waals surface area contributed by atoms with Gasteiger partial charge in [-0.15, -0.1) is 0 Å². The Kier molecular flexibility index (Phi) is 4.66. The Morgan fingerprint density at radius 2 is 1.96 bits per heavy atom. The molecule has 1 aliphatic rings. The van der Waals surface area contributed by atoms with Crippen LogP contribution in [0.15, 0.2) is 53.2 Å². The highest BCUT2D eigenvalue weighted by Crippen LogP contribution is 2.28. The summed E-state index contributed by atoms with van der Waals surface area (Å²) in [7, 11) is 3.04. The monoisotopic (exact) mass is 354 g/mol. The lowest BCUT2D eigenvalue weighted by Crippen LogP contribution is -2.05. The fourth-order valence-electron chi connectivity index (χ4n) is 2.38. The van der Waals surface area contributed by atoms with Gasteiger partial charge in [0.05, 0.1) is 19.1 Å². The van der Waals surface area contributed by atoms with Crippen molar-refractivity contribution >= 4 is 23.6 Å². The van der Waals surface area contributed by atoms with Crippen LogP contribution < -0.4 is 9.47 Å². The molecule has 0 amide bonds. The van der Waals surface area contributed by atoms with Crippen LogP contribution in [0.2, 0.25) is 0 Å². The molecule has 8 nitrogen and oxygen atoms in total. The van der Waals surface area contributed by atoms with Gasteiger partial charge in [-0.25, -0.2) is 9.79 Å². The second-order valence-electron chi connectivity index (χ2n) is 5.25. The summed E-state index contributed by atoms with van der Waals surface area (Å²) in [6.07, 6.45) is 1.51. The first kappa shape index (κ1) is 17.2. The van der Waals surface area contributed by atoms with Gasteiger partial charge in [-0.3, -0.25) is 10.1 Å². The van der Waals surface area contributed by atoms with Crippen LogP contribution >= 0.6 is 0 Å². The number of rotatable bonds is 5. The SMILES string of the molecule is COc1ccc(OC)c(/C=C2\N=C(c3cccc([N+](=O)[O-])c3)OC2=O)c1. The van der Waals surface area contributed by atoms with Crippen LogP contribution in [0.3, 0.4) is 0 Å². The minimum atomic E-state index is -0.656. The Morgan fingerprint density at radius 3 is 2.65 bits per heavy atom. The fourth-order valence-corrected chi connectivity index (χ4v) is 2.38. The van der Waals surface area contributed by atoms with Crippen LogP contribution in [-0.2, 0) is 9.53 Å². The number of esters is 1. The van der Waals surface area contributed by atoms with Crippen LogP contribution in [0.25, 0.3) is 6.08 Å². The molecule has 0 spiro atoms. The van der Waals surface area contributed by atoms with E-state index in [4.69, 9.17) is 14.2 Å². The number of cyclic esters (lactones) is 1. The lowest BCUT2D eigenvalue weighted by atomic mass is 10.1. The van der Waals surface area contributed by atoms with Crippen molar-refractivity contribution in [2.24, 2.45) is 4.99 Å². The summed E-state index contributed by atoms with van der Waals surface area (Å²) in [5, 5.41) is 10.9. The lowest BCUT2D eigenvalue weighted by Gasteiger charge is -2.07. The number of hydrogen-bond donors (Lipinski definition) is 0. The summed E-state index contributed by atoms with van der Waals surface area (Å²) in [4.78, 5) is 26.6. The molecule has 2 aromatic carbocycles. The summed E-state index contributed by atoms with van der Waals surface area (Å²) in [6.45, 7) is 0. The molecule has 0 saturated heterocycles. The fraction of sp³-hybridized carbons (Fsp3) is 0.111. The van der Waals surface area contributed by atoms with Crippen LogP contribution in [-0.4, -0.2) is 31.0 Å². The maximum Gasteiger partial charge on any atom is 0.363 e. The number of nitro groups is 1. The molecular formula is C18H14N2O6. The standard InChI is InChI=1S/C18H14N2O6/c1-24-14-6-7-16(25-2)12(9-14)10-15-18(21)26-17(19-15)11-4-3-5-13(8-11)20(22)23/h3-10H,1-2H3/b15-10-. The Balaban J connectivity index is 1.99. The lowest BCUT2D eigenvalue weighted by molar-refractivity contribution is -0.384. The van der Waals surface area contributed by atoms with Crippen molar-refractivity contribution in [3.8, 4) is 11.5 Å². The van der Waals surface area contributed by atoms with Gasteiger partial charge in [0.15, 0.2) is 5.70 Å². The van der Waals surface area contributed by atoms with Gasteiger partial charge in [0, 0.05) is 23.3 Å². The zero-order valence-electron chi connectivity index (χ0n) is 14.0. The number of carbonyl (C=O) groups excluding carboxylic acids is 1. The molecule has 2 aromatic rings. The molecule has 0 radical (unpaired) electrons. The summed E-state index contributed by atoms with van der Waals surface area (Å²) >= 11 is 0. The molecule has 1 aliphatic heterocycles. The van der Waals surface area contributed by atoms with E-state index in [2.05, 4.69) is 4.99 Å². The molecule has 0 aliphatic carbocycles. The molecule has 8 heteroatoms. The van der Waals surface area contributed by atoms with Gasteiger partial charge in [-0.1, -0.05) is 6.07 Å². The third kappa shape index (κ3) is 3.39. The van der Waals surface area contributed by atoms with Crippen molar-refractivity contribution in [1.82, 2.24) is 0 Å². The van der Waals surface area contributed by atoms with Gasteiger partial charge in [-0.2, -0.15) is 0 Å². The average molecular weight is 354 g/mol. The van der Waals surface area contributed by atoms with E-state index in [9.17, 15) is 14.9 Å². The number of aliphatic imine (C=N–C) groups is 1. The van der Waals surface area contributed by atoms with E-state index in [-0.39, 0.29) is 17.3 Å². The number of ether oxygens (including phenoxy) is 3. The molecule has 0 N–H and O–H groups in total. The Hall–Kier alpha value is -3.68. The first-order chi connectivity index (χ1) is 12.5. The Labute approximate surface area is 148 Å². The molecular weight excluding hydrogens is 340 g/mol. The number of benzene rings is 2. The molecule has 0 atom stereocenters. The zero-order valence-corrected chi connectivity index (χ0v) is 14.0. The highest BCUT2D eigenvalue weighted by molar-refractivity contribution is 6.13. The predicted molar refractivity (Wildman–Crippen MR) is 93.2 cm³/mol.